The summed E-state index contributed by atoms with van der Waals surface area (Å²) in [6.45, 7) is 5.60. The molecule has 0 aliphatic carbocycles. The Morgan fingerprint density at radius 1 is 1.34 bits per heavy atom. The van der Waals surface area contributed by atoms with E-state index >= 15 is 0 Å². The second-order valence-electron chi connectivity index (χ2n) is 7.22. The van der Waals surface area contributed by atoms with Gasteiger partial charge in [0, 0.05) is 37.3 Å². The first-order valence-electron chi connectivity index (χ1n) is 9.73. The quantitative estimate of drug-likeness (QED) is 0.808. The molecule has 0 radical (unpaired) electrons. The molecular weight excluding hydrogens is 368 g/mol. The molecule has 0 saturated carbocycles. The van der Waals surface area contributed by atoms with Crippen LogP contribution in [0.15, 0.2) is 29.1 Å². The molecule has 1 unspecified atom stereocenters. The number of aryl methyl sites for hydroxylation is 1. The van der Waals surface area contributed by atoms with Gasteiger partial charge in [-0.15, -0.1) is 0 Å². The molecule has 2 heterocycles. The predicted octanol–water partition coefficient (Wildman–Crippen LogP) is 1.98. The van der Waals surface area contributed by atoms with Crippen LogP contribution in [-0.4, -0.2) is 42.5 Å². The molecular formula is C22H26N4O3. The van der Waals surface area contributed by atoms with Gasteiger partial charge < -0.3 is 19.9 Å². The molecule has 0 spiro atoms. The van der Waals surface area contributed by atoms with E-state index in [1.165, 1.54) is 0 Å². The number of rotatable bonds is 5. The third-order valence-electron chi connectivity index (χ3n) is 5.57. The molecule has 1 aromatic carbocycles. The Morgan fingerprint density at radius 2 is 2.10 bits per heavy atom. The van der Waals surface area contributed by atoms with E-state index in [0.29, 0.717) is 37.2 Å². The van der Waals surface area contributed by atoms with Crippen molar-refractivity contribution in [3.8, 4) is 11.8 Å². The molecule has 0 bridgehead atoms. The number of methoxy groups -OCH3 is 1. The number of ether oxygens (including phenoxy) is 1. The Hall–Kier alpha value is -3.11. The van der Waals surface area contributed by atoms with Crippen LogP contribution in [-0.2, 0) is 11.2 Å². The zero-order chi connectivity index (χ0) is 21.0. The van der Waals surface area contributed by atoms with Gasteiger partial charge in [0.05, 0.1) is 13.2 Å². The molecule has 1 aromatic heterocycles. The number of carbonyl (C=O) groups excluding carboxylic acids is 1. The van der Waals surface area contributed by atoms with Crippen LogP contribution in [0.4, 0.5) is 0 Å². The Bertz CT molecular complexity index is 1010. The number of amides is 1. The summed E-state index contributed by atoms with van der Waals surface area (Å²) in [5.74, 6) is 0.816. The van der Waals surface area contributed by atoms with Gasteiger partial charge in [0.15, 0.2) is 0 Å². The molecule has 1 aliphatic heterocycles. The lowest BCUT2D eigenvalue weighted by atomic mass is 9.97. The van der Waals surface area contributed by atoms with Gasteiger partial charge in [-0.05, 0) is 37.5 Å². The summed E-state index contributed by atoms with van der Waals surface area (Å²) in [6, 6.07) is 9.63. The van der Waals surface area contributed by atoms with Crippen LogP contribution in [0, 0.1) is 25.2 Å². The molecule has 7 nitrogen and oxygen atoms in total. The van der Waals surface area contributed by atoms with Crippen LogP contribution in [0.5, 0.6) is 5.75 Å². The minimum atomic E-state index is -0.379. The molecule has 3 rings (SSSR count). The zero-order valence-electron chi connectivity index (χ0n) is 17.0. The molecule has 1 fully saturated rings. The maximum Gasteiger partial charge on any atom is 0.266 e. The van der Waals surface area contributed by atoms with Crippen molar-refractivity contribution in [1.29, 1.82) is 5.26 Å². The van der Waals surface area contributed by atoms with Crippen LogP contribution >= 0.6 is 0 Å². The number of aromatic amines is 1. The average molecular weight is 394 g/mol. The van der Waals surface area contributed by atoms with Crippen molar-refractivity contribution in [3.05, 3.63) is 62.6 Å². The van der Waals surface area contributed by atoms with Gasteiger partial charge in [-0.1, -0.05) is 18.2 Å². The zero-order valence-corrected chi connectivity index (χ0v) is 17.0. The van der Waals surface area contributed by atoms with Crippen molar-refractivity contribution >= 4 is 5.91 Å². The van der Waals surface area contributed by atoms with E-state index in [9.17, 15) is 14.9 Å². The Labute approximate surface area is 170 Å². The Balaban J connectivity index is 1.81. The highest BCUT2D eigenvalue weighted by Gasteiger charge is 2.29. The molecule has 1 aliphatic rings. The number of benzene rings is 1. The van der Waals surface area contributed by atoms with Gasteiger partial charge in [-0.3, -0.25) is 9.59 Å². The van der Waals surface area contributed by atoms with Crippen LogP contribution in [0.1, 0.15) is 40.4 Å². The number of pyridine rings is 1. The number of aromatic nitrogens is 1. The van der Waals surface area contributed by atoms with E-state index in [1.807, 2.05) is 35.2 Å². The highest BCUT2D eigenvalue weighted by atomic mass is 16.5. The highest BCUT2D eigenvalue weighted by Crippen LogP contribution is 2.30. The fraction of sp³-hybridized carbons (Fsp3) is 0.409. The summed E-state index contributed by atoms with van der Waals surface area (Å²) < 4.78 is 5.49. The first-order chi connectivity index (χ1) is 14.0. The Morgan fingerprint density at radius 3 is 2.83 bits per heavy atom. The standard InChI is InChI=1S/C22H26N4O3/c1-14-16(15(2)25-22(28)18(14)12-23)8-9-21(27)26-11-10-24-13-19(26)17-6-4-5-7-20(17)29-3/h4-7,19,24H,8-11,13H2,1-3H3,(H,25,28). The predicted molar refractivity (Wildman–Crippen MR) is 110 cm³/mol. The van der Waals surface area contributed by atoms with Gasteiger partial charge in [0.1, 0.15) is 17.4 Å². The summed E-state index contributed by atoms with van der Waals surface area (Å²) in [7, 11) is 1.63. The molecule has 29 heavy (non-hydrogen) atoms. The normalized spacial score (nSPS) is 16.3. The van der Waals surface area contributed by atoms with Crippen molar-refractivity contribution in [3.63, 3.8) is 0 Å². The lowest BCUT2D eigenvalue weighted by molar-refractivity contribution is -0.134. The van der Waals surface area contributed by atoms with Gasteiger partial charge in [-0.2, -0.15) is 5.26 Å². The van der Waals surface area contributed by atoms with Crippen molar-refractivity contribution in [2.75, 3.05) is 26.7 Å². The molecule has 1 amide bonds. The number of nitrogens with zero attached hydrogens (tertiary/aromatic N) is 2. The van der Waals surface area contributed by atoms with E-state index in [-0.39, 0.29) is 23.1 Å². The van der Waals surface area contributed by atoms with Crippen LogP contribution < -0.4 is 15.6 Å². The van der Waals surface area contributed by atoms with Crippen molar-refractivity contribution in [1.82, 2.24) is 15.2 Å². The number of nitriles is 1. The smallest absolute Gasteiger partial charge is 0.266 e. The van der Waals surface area contributed by atoms with Crippen LogP contribution in [0.25, 0.3) is 0 Å². The van der Waals surface area contributed by atoms with Crippen molar-refractivity contribution in [2.24, 2.45) is 0 Å². The maximum absolute atomic E-state index is 13.1. The number of hydrogen-bond acceptors (Lipinski definition) is 5. The SMILES string of the molecule is COc1ccccc1C1CNCCN1C(=O)CCc1c(C)[nH]c(=O)c(C#N)c1C. The fourth-order valence-electron chi connectivity index (χ4n) is 4.02. The lowest BCUT2D eigenvalue weighted by Gasteiger charge is -2.37. The number of hydrogen-bond donors (Lipinski definition) is 2. The van der Waals surface area contributed by atoms with E-state index in [0.717, 1.165) is 23.4 Å². The summed E-state index contributed by atoms with van der Waals surface area (Å²) in [5.41, 5.74) is 2.95. The third-order valence-corrected chi connectivity index (χ3v) is 5.57. The topological polar surface area (TPSA) is 98.2 Å². The summed E-state index contributed by atoms with van der Waals surface area (Å²) in [5, 5.41) is 12.6. The largest absolute Gasteiger partial charge is 0.496 e. The fourth-order valence-corrected chi connectivity index (χ4v) is 4.02. The molecule has 7 heteroatoms. The first-order valence-corrected chi connectivity index (χ1v) is 9.73. The van der Waals surface area contributed by atoms with Gasteiger partial charge in [0.2, 0.25) is 5.91 Å². The van der Waals surface area contributed by atoms with E-state index in [4.69, 9.17) is 4.74 Å². The van der Waals surface area contributed by atoms with E-state index in [1.54, 1.807) is 21.0 Å². The second kappa shape index (κ2) is 8.93. The number of carbonyl (C=O) groups is 1. The second-order valence-corrected chi connectivity index (χ2v) is 7.22. The van der Waals surface area contributed by atoms with E-state index < -0.39 is 0 Å². The lowest BCUT2D eigenvalue weighted by Crippen LogP contribution is -2.48. The number of piperazine rings is 1. The van der Waals surface area contributed by atoms with Gasteiger partial charge in [-0.25, -0.2) is 0 Å². The summed E-state index contributed by atoms with van der Waals surface area (Å²) in [6.07, 6.45) is 0.786. The van der Waals surface area contributed by atoms with Crippen molar-refractivity contribution < 1.29 is 9.53 Å². The average Bonchev–Trinajstić information content (AvgIpc) is 2.73. The number of H-pyrrole nitrogens is 1. The number of nitrogens with one attached hydrogen (secondary N) is 2. The monoisotopic (exact) mass is 394 g/mol. The van der Waals surface area contributed by atoms with Gasteiger partial charge in [0.25, 0.3) is 5.56 Å². The van der Waals surface area contributed by atoms with Crippen molar-refractivity contribution in [2.45, 2.75) is 32.7 Å². The molecule has 1 saturated heterocycles. The van der Waals surface area contributed by atoms with Crippen LogP contribution in [0.3, 0.4) is 0 Å². The Kier molecular flexibility index (Phi) is 6.35. The summed E-state index contributed by atoms with van der Waals surface area (Å²) >= 11 is 0. The summed E-state index contributed by atoms with van der Waals surface area (Å²) in [4.78, 5) is 29.7. The molecule has 1 atom stereocenters. The third kappa shape index (κ3) is 4.17. The molecule has 152 valence electrons. The minimum Gasteiger partial charge on any atom is -0.496 e. The first kappa shape index (κ1) is 20.6. The maximum atomic E-state index is 13.1. The molecule has 2 aromatic rings. The molecule has 2 N–H and O–H groups in total. The van der Waals surface area contributed by atoms with Crippen LogP contribution in [0.2, 0.25) is 0 Å². The highest BCUT2D eigenvalue weighted by molar-refractivity contribution is 5.77. The van der Waals surface area contributed by atoms with E-state index in [2.05, 4.69) is 10.3 Å². The van der Waals surface area contributed by atoms with Gasteiger partial charge >= 0.3 is 0 Å². The minimum absolute atomic E-state index is 0.0471. The number of para-hydroxylation sites is 1.